The first-order chi connectivity index (χ1) is 11.2. The van der Waals surface area contributed by atoms with Crippen molar-refractivity contribution in [1.82, 2.24) is 20.4 Å². The van der Waals surface area contributed by atoms with Crippen LogP contribution in [0.2, 0.25) is 0 Å². The maximum absolute atomic E-state index is 13.2. The smallest absolute Gasteiger partial charge is 0.322 e. The molecule has 0 aliphatic heterocycles. The Morgan fingerprint density at radius 1 is 1.46 bits per heavy atom. The molecule has 24 heavy (non-hydrogen) atoms. The molecule has 1 N–H and O–H groups in total. The lowest BCUT2D eigenvalue weighted by Crippen LogP contribution is -2.42. The number of alkyl halides is 2. The highest BCUT2D eigenvalue weighted by atomic mass is 32.1. The van der Waals surface area contributed by atoms with Crippen LogP contribution in [-0.4, -0.2) is 33.7 Å². The fraction of sp³-hybridized carbons (Fsp3) is 0.533. The number of carbonyl (C=O) groups is 1. The van der Waals surface area contributed by atoms with Crippen LogP contribution in [0.25, 0.3) is 10.7 Å². The predicted octanol–water partition coefficient (Wildman–Crippen LogP) is 3.85. The van der Waals surface area contributed by atoms with E-state index >= 15 is 0 Å². The van der Waals surface area contributed by atoms with Crippen LogP contribution in [-0.2, 0) is 12.5 Å². The molecule has 0 spiro atoms. The molecular weight excluding hydrogens is 338 g/mol. The summed E-state index contributed by atoms with van der Waals surface area (Å²) in [5, 5.41) is 6.43. The first kappa shape index (κ1) is 18.3. The SMILES string of the molecule is CCN(Cc1ccc(-c2noc(C(C)(F)F)n2)s1)C(=O)NC(C)C. The fourth-order valence-corrected chi connectivity index (χ4v) is 2.89. The van der Waals surface area contributed by atoms with E-state index in [0.717, 1.165) is 4.88 Å². The van der Waals surface area contributed by atoms with Crippen LogP contribution in [0.5, 0.6) is 0 Å². The van der Waals surface area contributed by atoms with Gasteiger partial charge in [-0.3, -0.25) is 0 Å². The Morgan fingerprint density at radius 2 is 2.17 bits per heavy atom. The summed E-state index contributed by atoms with van der Waals surface area (Å²) in [6.07, 6.45) is 0. The standard InChI is InChI=1S/C15H20F2N4O2S/c1-5-21(14(22)18-9(2)3)8-10-6-7-11(24-10)12-19-13(23-20-12)15(4,16)17/h6-7,9H,5,8H2,1-4H3,(H,18,22). The van der Waals surface area contributed by atoms with E-state index in [2.05, 4.69) is 20.0 Å². The maximum atomic E-state index is 13.2. The van der Waals surface area contributed by atoms with Gasteiger partial charge in [-0.1, -0.05) is 5.16 Å². The Bertz CT molecular complexity index is 694. The third-order valence-corrected chi connectivity index (χ3v) is 4.18. The van der Waals surface area contributed by atoms with Gasteiger partial charge in [0.1, 0.15) is 0 Å². The lowest BCUT2D eigenvalue weighted by Gasteiger charge is -2.22. The summed E-state index contributed by atoms with van der Waals surface area (Å²) < 4.78 is 30.9. The zero-order valence-electron chi connectivity index (χ0n) is 14.0. The van der Waals surface area contributed by atoms with Gasteiger partial charge in [0.25, 0.3) is 5.89 Å². The Morgan fingerprint density at radius 3 is 2.71 bits per heavy atom. The molecule has 2 aromatic heterocycles. The summed E-state index contributed by atoms with van der Waals surface area (Å²) >= 11 is 1.34. The second-order valence-corrected chi connectivity index (χ2v) is 6.86. The molecule has 132 valence electrons. The highest BCUT2D eigenvalue weighted by Gasteiger charge is 2.32. The highest BCUT2D eigenvalue weighted by molar-refractivity contribution is 7.15. The molecule has 0 radical (unpaired) electrons. The minimum atomic E-state index is -3.17. The van der Waals surface area contributed by atoms with Crippen LogP contribution in [0.1, 0.15) is 38.5 Å². The molecule has 0 saturated heterocycles. The van der Waals surface area contributed by atoms with Crippen molar-refractivity contribution >= 4 is 17.4 Å². The quantitative estimate of drug-likeness (QED) is 0.851. The number of hydrogen-bond donors (Lipinski definition) is 1. The first-order valence-electron chi connectivity index (χ1n) is 7.57. The van der Waals surface area contributed by atoms with Gasteiger partial charge in [-0.05, 0) is 32.9 Å². The van der Waals surface area contributed by atoms with E-state index in [9.17, 15) is 13.6 Å². The van der Waals surface area contributed by atoms with Crippen LogP contribution in [0.15, 0.2) is 16.7 Å². The van der Waals surface area contributed by atoms with Crippen LogP contribution in [0.4, 0.5) is 13.6 Å². The molecule has 0 bridgehead atoms. The Hall–Kier alpha value is -2.03. The Balaban J connectivity index is 2.10. The molecule has 2 heterocycles. The van der Waals surface area contributed by atoms with Gasteiger partial charge >= 0.3 is 12.0 Å². The van der Waals surface area contributed by atoms with Gasteiger partial charge in [0.15, 0.2) is 0 Å². The molecule has 2 rings (SSSR count). The van der Waals surface area contributed by atoms with Gasteiger partial charge in [0.05, 0.1) is 11.4 Å². The van der Waals surface area contributed by atoms with E-state index < -0.39 is 11.8 Å². The maximum Gasteiger partial charge on any atom is 0.322 e. The number of nitrogens with one attached hydrogen (secondary N) is 1. The molecule has 0 aliphatic carbocycles. The summed E-state index contributed by atoms with van der Waals surface area (Å²) in [5.74, 6) is -3.75. The molecule has 6 nitrogen and oxygen atoms in total. The topological polar surface area (TPSA) is 71.3 Å². The molecule has 2 amide bonds. The Kier molecular flexibility index (Phi) is 5.53. The normalized spacial score (nSPS) is 11.8. The lowest BCUT2D eigenvalue weighted by atomic mass is 10.3. The number of amides is 2. The van der Waals surface area contributed by atoms with Crippen LogP contribution in [0.3, 0.4) is 0 Å². The van der Waals surface area contributed by atoms with Crippen molar-refractivity contribution in [3.63, 3.8) is 0 Å². The monoisotopic (exact) mass is 358 g/mol. The largest absolute Gasteiger partial charge is 0.336 e. The zero-order valence-corrected chi connectivity index (χ0v) is 14.8. The van der Waals surface area contributed by atoms with Crippen molar-refractivity contribution in [3.8, 4) is 10.7 Å². The number of halogens is 2. The average Bonchev–Trinajstić information content (AvgIpc) is 3.12. The van der Waals surface area contributed by atoms with Gasteiger partial charge in [-0.15, -0.1) is 11.3 Å². The van der Waals surface area contributed by atoms with E-state index in [1.165, 1.54) is 11.3 Å². The number of hydrogen-bond acceptors (Lipinski definition) is 5. The fourth-order valence-electron chi connectivity index (χ4n) is 1.94. The van der Waals surface area contributed by atoms with Gasteiger partial charge < -0.3 is 14.7 Å². The third-order valence-electron chi connectivity index (χ3n) is 3.11. The molecule has 0 unspecified atom stereocenters. The highest BCUT2D eigenvalue weighted by Crippen LogP contribution is 2.30. The first-order valence-corrected chi connectivity index (χ1v) is 8.39. The molecule has 0 saturated carbocycles. The molecule has 9 heteroatoms. The van der Waals surface area contributed by atoms with E-state index in [-0.39, 0.29) is 17.9 Å². The van der Waals surface area contributed by atoms with Gasteiger partial charge in [-0.2, -0.15) is 13.8 Å². The third kappa shape index (κ3) is 4.50. The van der Waals surface area contributed by atoms with Gasteiger partial charge in [0, 0.05) is 24.4 Å². The minimum Gasteiger partial charge on any atom is -0.336 e. The second-order valence-electron chi connectivity index (χ2n) is 5.70. The molecule has 0 atom stereocenters. The summed E-state index contributed by atoms with van der Waals surface area (Å²) in [7, 11) is 0. The molecule has 2 aromatic rings. The van der Waals surface area contributed by atoms with Crippen LogP contribution >= 0.6 is 11.3 Å². The van der Waals surface area contributed by atoms with E-state index in [0.29, 0.717) is 24.9 Å². The number of thiophene rings is 1. The van der Waals surface area contributed by atoms with Gasteiger partial charge in [0.2, 0.25) is 5.82 Å². The minimum absolute atomic E-state index is 0.0545. The van der Waals surface area contributed by atoms with E-state index in [1.807, 2.05) is 26.8 Å². The van der Waals surface area contributed by atoms with Crippen molar-refractivity contribution in [2.45, 2.75) is 46.2 Å². The van der Waals surface area contributed by atoms with Crippen LogP contribution in [0, 0.1) is 0 Å². The predicted molar refractivity (Wildman–Crippen MR) is 86.9 cm³/mol. The zero-order chi connectivity index (χ0) is 17.9. The van der Waals surface area contributed by atoms with Crippen molar-refractivity contribution < 1.29 is 18.1 Å². The molecule has 0 aromatic carbocycles. The summed E-state index contributed by atoms with van der Waals surface area (Å²) in [6.45, 7) is 7.37. The molecule has 0 fully saturated rings. The Labute approximate surface area is 142 Å². The van der Waals surface area contributed by atoms with Crippen LogP contribution < -0.4 is 5.32 Å². The summed E-state index contributed by atoms with van der Waals surface area (Å²) in [5.41, 5.74) is 0. The molecule has 0 aliphatic rings. The number of aromatic nitrogens is 2. The summed E-state index contributed by atoms with van der Waals surface area (Å²) in [6, 6.07) is 3.47. The number of urea groups is 1. The second kappa shape index (κ2) is 7.25. The number of rotatable bonds is 6. The van der Waals surface area contributed by atoms with Crippen molar-refractivity contribution in [1.29, 1.82) is 0 Å². The van der Waals surface area contributed by atoms with Crippen molar-refractivity contribution in [2.75, 3.05) is 6.54 Å². The number of carbonyl (C=O) groups excluding carboxylic acids is 1. The lowest BCUT2D eigenvalue weighted by molar-refractivity contribution is -0.0158. The average molecular weight is 358 g/mol. The van der Waals surface area contributed by atoms with Crippen molar-refractivity contribution in [3.05, 3.63) is 22.9 Å². The molecular formula is C15H20F2N4O2S. The van der Waals surface area contributed by atoms with Gasteiger partial charge in [-0.25, -0.2) is 4.79 Å². The van der Waals surface area contributed by atoms with Crippen molar-refractivity contribution in [2.24, 2.45) is 0 Å². The summed E-state index contributed by atoms with van der Waals surface area (Å²) in [4.78, 5) is 19.0. The van der Waals surface area contributed by atoms with E-state index in [4.69, 9.17) is 0 Å². The van der Waals surface area contributed by atoms with E-state index in [1.54, 1.807) is 11.0 Å². The number of nitrogens with zero attached hydrogens (tertiary/aromatic N) is 3.